The molecule has 7 heteroatoms. The van der Waals surface area contributed by atoms with Crippen LogP contribution in [0.1, 0.15) is 32.0 Å². The zero-order valence-electron chi connectivity index (χ0n) is 17.1. The topological polar surface area (TPSA) is 95.8 Å². The van der Waals surface area contributed by atoms with Gasteiger partial charge in [-0.25, -0.2) is 4.79 Å². The number of amides is 1. The summed E-state index contributed by atoms with van der Waals surface area (Å²) >= 11 is 0. The Labute approximate surface area is 165 Å². The SMILES string of the molecule is C[NH2+]C=C(C(=N)C1CN(C(=O)OC(C)(C)C)C1)c1cnc2ccc(C)nc2c1. The first-order valence-electron chi connectivity index (χ1n) is 9.48. The molecular formula is C21H28N5O2+. The third kappa shape index (κ3) is 4.36. The first-order chi connectivity index (χ1) is 13.2. The van der Waals surface area contributed by atoms with Crippen LogP contribution in [0.4, 0.5) is 4.79 Å². The average Bonchev–Trinajstić information content (AvgIpc) is 2.55. The van der Waals surface area contributed by atoms with Crippen LogP contribution >= 0.6 is 0 Å². The van der Waals surface area contributed by atoms with Gasteiger partial charge >= 0.3 is 6.09 Å². The zero-order chi connectivity index (χ0) is 20.5. The van der Waals surface area contributed by atoms with Crippen LogP contribution < -0.4 is 5.32 Å². The van der Waals surface area contributed by atoms with Crippen LogP contribution in [0.2, 0.25) is 0 Å². The van der Waals surface area contributed by atoms with Crippen LogP contribution in [0.3, 0.4) is 0 Å². The normalized spacial score (nSPS) is 15.5. The molecule has 28 heavy (non-hydrogen) atoms. The molecule has 0 radical (unpaired) electrons. The maximum Gasteiger partial charge on any atom is 0.410 e. The second kappa shape index (κ2) is 7.67. The number of aryl methyl sites for hydroxylation is 1. The van der Waals surface area contributed by atoms with Crippen LogP contribution in [-0.4, -0.2) is 52.4 Å². The van der Waals surface area contributed by atoms with Crippen molar-refractivity contribution in [2.75, 3.05) is 20.1 Å². The first kappa shape index (κ1) is 19.9. The molecule has 3 heterocycles. The summed E-state index contributed by atoms with van der Waals surface area (Å²) in [5.74, 6) is -0.0140. The molecule has 1 aliphatic rings. The molecule has 0 spiro atoms. The number of quaternary nitrogens is 1. The molecule has 2 aromatic heterocycles. The second-order valence-electron chi connectivity index (χ2n) is 8.12. The predicted molar refractivity (Wildman–Crippen MR) is 109 cm³/mol. The molecule has 0 saturated carbocycles. The van der Waals surface area contributed by atoms with Gasteiger partial charge in [-0.15, -0.1) is 0 Å². The zero-order valence-corrected chi connectivity index (χ0v) is 17.1. The third-order valence-electron chi connectivity index (χ3n) is 4.55. The smallest absolute Gasteiger partial charge is 0.410 e. The molecule has 148 valence electrons. The van der Waals surface area contributed by atoms with Crippen molar-refractivity contribution in [3.63, 3.8) is 0 Å². The van der Waals surface area contributed by atoms with Gasteiger partial charge in [-0.2, -0.15) is 0 Å². The third-order valence-corrected chi connectivity index (χ3v) is 4.55. The number of carbonyl (C=O) groups is 1. The number of nitrogens with two attached hydrogens (primary N) is 1. The van der Waals surface area contributed by atoms with Gasteiger partial charge in [-0.3, -0.25) is 9.97 Å². The van der Waals surface area contributed by atoms with Crippen molar-refractivity contribution in [2.45, 2.75) is 33.3 Å². The molecule has 7 nitrogen and oxygen atoms in total. The Balaban J connectivity index is 1.76. The van der Waals surface area contributed by atoms with Gasteiger partial charge in [0.2, 0.25) is 0 Å². The number of allylic oxidation sites excluding steroid dienone is 1. The molecular weight excluding hydrogens is 354 g/mol. The Bertz CT molecular complexity index is 939. The van der Waals surface area contributed by atoms with Gasteiger partial charge in [-0.1, -0.05) is 0 Å². The van der Waals surface area contributed by atoms with E-state index in [1.54, 1.807) is 11.1 Å². The number of hydrogen-bond acceptors (Lipinski definition) is 5. The van der Waals surface area contributed by atoms with Gasteiger partial charge < -0.3 is 20.4 Å². The van der Waals surface area contributed by atoms with E-state index >= 15 is 0 Å². The highest BCUT2D eigenvalue weighted by Crippen LogP contribution is 2.27. The molecule has 3 rings (SSSR count). The van der Waals surface area contributed by atoms with E-state index in [1.807, 2.05) is 64.5 Å². The van der Waals surface area contributed by atoms with E-state index in [0.29, 0.717) is 18.8 Å². The number of nitrogens with one attached hydrogen (secondary N) is 1. The number of ether oxygens (including phenoxy) is 1. The van der Waals surface area contributed by atoms with Crippen molar-refractivity contribution in [3.8, 4) is 0 Å². The standard InChI is InChI=1S/C21H27N5O2/c1-13-6-7-17-18(25-13)8-14(9-24-17)16(10-23-5)19(22)15-11-26(12-15)20(27)28-21(2,3)4/h6-10,15,22-23H,11-12H2,1-5H3/p+1. The van der Waals surface area contributed by atoms with Gasteiger partial charge in [0.1, 0.15) is 11.8 Å². The van der Waals surface area contributed by atoms with E-state index in [2.05, 4.69) is 9.97 Å². The van der Waals surface area contributed by atoms with Crippen molar-refractivity contribution in [1.29, 1.82) is 5.41 Å². The van der Waals surface area contributed by atoms with Gasteiger partial charge in [0, 0.05) is 36.5 Å². The highest BCUT2D eigenvalue weighted by atomic mass is 16.6. The van der Waals surface area contributed by atoms with Crippen molar-refractivity contribution < 1.29 is 14.8 Å². The van der Waals surface area contributed by atoms with Crippen LogP contribution in [0.25, 0.3) is 16.6 Å². The summed E-state index contributed by atoms with van der Waals surface area (Å²) in [6, 6.07) is 5.86. The van der Waals surface area contributed by atoms with Gasteiger partial charge in [-0.05, 0) is 45.9 Å². The summed E-state index contributed by atoms with van der Waals surface area (Å²) < 4.78 is 5.40. The first-order valence-corrected chi connectivity index (χ1v) is 9.48. The highest BCUT2D eigenvalue weighted by Gasteiger charge is 2.37. The Morgan fingerprint density at radius 1 is 1.32 bits per heavy atom. The maximum absolute atomic E-state index is 12.1. The molecule has 0 unspecified atom stereocenters. The van der Waals surface area contributed by atoms with Crippen molar-refractivity contribution in [2.24, 2.45) is 5.92 Å². The summed E-state index contributed by atoms with van der Waals surface area (Å²) in [5, 5.41) is 10.6. The fourth-order valence-corrected chi connectivity index (χ4v) is 3.12. The summed E-state index contributed by atoms with van der Waals surface area (Å²) in [4.78, 5) is 22.8. The highest BCUT2D eigenvalue weighted by molar-refractivity contribution is 6.23. The quantitative estimate of drug-likeness (QED) is 0.794. The number of carbonyl (C=O) groups excluding carboxylic acids is 1. The van der Waals surface area contributed by atoms with E-state index < -0.39 is 5.60 Å². The molecule has 0 bridgehead atoms. The number of pyridine rings is 2. The second-order valence-corrected chi connectivity index (χ2v) is 8.12. The molecule has 0 aliphatic carbocycles. The lowest BCUT2D eigenvalue weighted by atomic mass is 9.87. The van der Waals surface area contributed by atoms with Gasteiger partial charge in [0.05, 0.1) is 29.4 Å². The fourth-order valence-electron chi connectivity index (χ4n) is 3.12. The molecule has 0 aromatic carbocycles. The van der Waals surface area contributed by atoms with Crippen molar-refractivity contribution in [1.82, 2.24) is 14.9 Å². The molecule has 1 fully saturated rings. The number of hydrogen-bond donors (Lipinski definition) is 2. The van der Waals surface area contributed by atoms with E-state index in [4.69, 9.17) is 10.1 Å². The number of likely N-dealkylation sites (tertiary alicyclic amines) is 1. The van der Waals surface area contributed by atoms with Crippen LogP contribution in [0, 0.1) is 18.3 Å². The summed E-state index contributed by atoms with van der Waals surface area (Å²) in [6.45, 7) is 8.49. The molecule has 0 atom stereocenters. The van der Waals surface area contributed by atoms with E-state index in [1.165, 1.54) is 0 Å². The summed E-state index contributed by atoms with van der Waals surface area (Å²) in [6.07, 6.45) is 3.39. The molecule has 3 N–H and O–H groups in total. The Hall–Kier alpha value is -2.80. The van der Waals surface area contributed by atoms with Crippen LogP contribution in [0.5, 0.6) is 0 Å². The largest absolute Gasteiger partial charge is 0.444 e. The van der Waals surface area contributed by atoms with Crippen LogP contribution in [0.15, 0.2) is 30.6 Å². The van der Waals surface area contributed by atoms with Gasteiger partial charge in [0.15, 0.2) is 0 Å². The minimum Gasteiger partial charge on any atom is -0.444 e. The Morgan fingerprint density at radius 2 is 2.04 bits per heavy atom. The maximum atomic E-state index is 12.1. The lowest BCUT2D eigenvalue weighted by Crippen LogP contribution is -2.73. The number of aromatic nitrogens is 2. The van der Waals surface area contributed by atoms with Crippen molar-refractivity contribution >= 4 is 28.4 Å². The molecule has 1 aliphatic heterocycles. The molecule has 1 saturated heterocycles. The monoisotopic (exact) mass is 382 g/mol. The number of nitrogens with zero attached hydrogens (tertiary/aromatic N) is 3. The number of fused-ring (bicyclic) bond motifs is 1. The van der Waals surface area contributed by atoms with Gasteiger partial charge in [0.25, 0.3) is 0 Å². The van der Waals surface area contributed by atoms with E-state index in [9.17, 15) is 4.79 Å². The minimum absolute atomic E-state index is 0.0140. The Kier molecular flexibility index (Phi) is 5.47. The van der Waals surface area contributed by atoms with Crippen LogP contribution in [-0.2, 0) is 4.74 Å². The lowest BCUT2D eigenvalue weighted by Gasteiger charge is -2.40. The fraction of sp³-hybridized carbons (Fsp3) is 0.429. The minimum atomic E-state index is -0.514. The Morgan fingerprint density at radius 3 is 2.68 bits per heavy atom. The average molecular weight is 382 g/mol. The van der Waals surface area contributed by atoms with Crippen molar-refractivity contribution in [3.05, 3.63) is 41.9 Å². The number of rotatable bonds is 4. The molecule has 1 amide bonds. The molecule has 2 aromatic rings. The lowest BCUT2D eigenvalue weighted by molar-refractivity contribution is -0.555. The summed E-state index contributed by atoms with van der Waals surface area (Å²) in [5.41, 5.74) is 4.25. The van der Waals surface area contributed by atoms with E-state index in [-0.39, 0.29) is 12.0 Å². The predicted octanol–water partition coefficient (Wildman–Crippen LogP) is 2.36. The summed E-state index contributed by atoms with van der Waals surface area (Å²) in [7, 11) is 1.93. The van der Waals surface area contributed by atoms with E-state index in [0.717, 1.165) is 27.9 Å².